The Kier molecular flexibility index (Phi) is 5.93. The molecule has 0 aliphatic carbocycles. The lowest BCUT2D eigenvalue weighted by Gasteiger charge is -2.18. The predicted molar refractivity (Wildman–Crippen MR) is 73.2 cm³/mol. The fourth-order valence-electron chi connectivity index (χ4n) is 1.36. The largest absolute Gasteiger partial charge is 0.369 e. The van der Waals surface area contributed by atoms with Crippen LogP contribution in [0.1, 0.15) is 13.8 Å². The van der Waals surface area contributed by atoms with Crippen molar-refractivity contribution in [2.45, 2.75) is 13.8 Å². The van der Waals surface area contributed by atoms with E-state index in [9.17, 15) is 0 Å². The molecule has 1 aromatic heterocycles. The molecule has 15 heavy (non-hydrogen) atoms. The van der Waals surface area contributed by atoms with Gasteiger partial charge in [0.1, 0.15) is 5.82 Å². The zero-order valence-electron chi connectivity index (χ0n) is 9.33. The van der Waals surface area contributed by atoms with Gasteiger partial charge in [-0.1, -0.05) is 13.8 Å². The molecule has 0 unspecified atom stereocenters. The van der Waals surface area contributed by atoms with Crippen LogP contribution in [0.15, 0.2) is 18.3 Å². The Morgan fingerprint density at radius 3 is 2.60 bits per heavy atom. The molecule has 0 bridgehead atoms. The van der Waals surface area contributed by atoms with Gasteiger partial charge < -0.3 is 10.2 Å². The monoisotopic (exact) mass is 319 g/mol. The Morgan fingerprint density at radius 2 is 2.07 bits per heavy atom. The minimum absolute atomic E-state index is 0.954. The number of aromatic nitrogens is 1. The molecular formula is C11H18IN3. The summed E-state index contributed by atoms with van der Waals surface area (Å²) in [5, 5.41) is 3.31. The molecule has 0 radical (unpaired) electrons. The van der Waals surface area contributed by atoms with Crippen molar-refractivity contribution in [3.05, 3.63) is 21.9 Å². The fourth-order valence-corrected chi connectivity index (χ4v) is 1.68. The van der Waals surface area contributed by atoms with Crippen molar-refractivity contribution >= 4 is 28.4 Å². The van der Waals surface area contributed by atoms with Crippen molar-refractivity contribution in [1.29, 1.82) is 0 Å². The van der Waals surface area contributed by atoms with Crippen LogP contribution in [0.4, 0.5) is 5.82 Å². The highest BCUT2D eigenvalue weighted by Gasteiger charge is 1.98. The van der Waals surface area contributed by atoms with E-state index in [0.717, 1.165) is 32.0 Å². The molecule has 0 atom stereocenters. The number of rotatable bonds is 6. The van der Waals surface area contributed by atoms with Crippen molar-refractivity contribution < 1.29 is 0 Å². The van der Waals surface area contributed by atoms with Crippen LogP contribution in [0.3, 0.4) is 0 Å². The number of anilines is 1. The van der Waals surface area contributed by atoms with Gasteiger partial charge in [0.15, 0.2) is 0 Å². The average molecular weight is 319 g/mol. The quantitative estimate of drug-likeness (QED) is 0.817. The molecule has 0 aromatic carbocycles. The Hall–Kier alpha value is -0.360. The van der Waals surface area contributed by atoms with Crippen molar-refractivity contribution in [3.63, 3.8) is 0 Å². The molecule has 4 heteroatoms. The molecule has 0 saturated carbocycles. The van der Waals surface area contributed by atoms with Gasteiger partial charge in [-0.15, -0.1) is 0 Å². The molecule has 0 aliphatic rings. The maximum atomic E-state index is 4.29. The summed E-state index contributed by atoms with van der Waals surface area (Å²) < 4.78 is 1.17. The highest BCUT2D eigenvalue weighted by atomic mass is 127. The molecule has 1 heterocycles. The molecule has 0 fully saturated rings. The fraction of sp³-hybridized carbons (Fsp3) is 0.545. The number of halogens is 1. The van der Waals surface area contributed by atoms with Crippen molar-refractivity contribution in [2.75, 3.05) is 31.5 Å². The topological polar surface area (TPSA) is 28.2 Å². The van der Waals surface area contributed by atoms with Gasteiger partial charge in [-0.2, -0.15) is 0 Å². The van der Waals surface area contributed by atoms with E-state index in [4.69, 9.17) is 0 Å². The van der Waals surface area contributed by atoms with Crippen molar-refractivity contribution in [3.8, 4) is 0 Å². The van der Waals surface area contributed by atoms with Gasteiger partial charge in [0.2, 0.25) is 0 Å². The summed E-state index contributed by atoms with van der Waals surface area (Å²) in [7, 11) is 0. The minimum Gasteiger partial charge on any atom is -0.369 e. The summed E-state index contributed by atoms with van der Waals surface area (Å²) in [4.78, 5) is 6.68. The van der Waals surface area contributed by atoms with Crippen molar-refractivity contribution in [2.24, 2.45) is 0 Å². The van der Waals surface area contributed by atoms with Crippen LogP contribution in [0.2, 0.25) is 0 Å². The summed E-state index contributed by atoms with van der Waals surface area (Å²) >= 11 is 2.26. The van der Waals surface area contributed by atoms with E-state index in [1.165, 1.54) is 3.57 Å². The van der Waals surface area contributed by atoms with E-state index in [2.05, 4.69) is 57.7 Å². The predicted octanol–water partition coefficient (Wildman–Crippen LogP) is 2.44. The van der Waals surface area contributed by atoms with E-state index in [1.807, 2.05) is 12.3 Å². The molecule has 1 rings (SSSR count). The summed E-state index contributed by atoms with van der Waals surface area (Å²) in [5.74, 6) is 0.961. The van der Waals surface area contributed by atoms with E-state index in [0.29, 0.717) is 0 Å². The highest BCUT2D eigenvalue weighted by molar-refractivity contribution is 14.1. The van der Waals surface area contributed by atoms with E-state index >= 15 is 0 Å². The normalized spacial score (nSPS) is 10.7. The van der Waals surface area contributed by atoms with Gasteiger partial charge in [0, 0.05) is 22.9 Å². The third kappa shape index (κ3) is 4.79. The van der Waals surface area contributed by atoms with E-state index in [-0.39, 0.29) is 0 Å². The number of hydrogen-bond donors (Lipinski definition) is 1. The van der Waals surface area contributed by atoms with Gasteiger partial charge in [0.25, 0.3) is 0 Å². The van der Waals surface area contributed by atoms with Gasteiger partial charge >= 0.3 is 0 Å². The number of hydrogen-bond acceptors (Lipinski definition) is 3. The van der Waals surface area contributed by atoms with E-state index in [1.54, 1.807) is 0 Å². The molecule has 0 aliphatic heterocycles. The first-order valence-corrected chi connectivity index (χ1v) is 6.42. The Labute approximate surface area is 105 Å². The lowest BCUT2D eigenvalue weighted by molar-refractivity contribution is 0.316. The molecule has 0 amide bonds. The van der Waals surface area contributed by atoms with Gasteiger partial charge in [-0.25, -0.2) is 4.98 Å². The zero-order valence-corrected chi connectivity index (χ0v) is 11.5. The maximum Gasteiger partial charge on any atom is 0.125 e. The smallest absolute Gasteiger partial charge is 0.125 e. The van der Waals surface area contributed by atoms with Crippen LogP contribution in [-0.2, 0) is 0 Å². The second-order valence-electron chi connectivity index (χ2n) is 3.32. The molecule has 0 saturated heterocycles. The highest BCUT2D eigenvalue weighted by Crippen LogP contribution is 2.06. The average Bonchev–Trinajstić information content (AvgIpc) is 2.27. The minimum atomic E-state index is 0.954. The summed E-state index contributed by atoms with van der Waals surface area (Å²) in [6.45, 7) is 8.62. The van der Waals surface area contributed by atoms with Gasteiger partial charge in [-0.3, -0.25) is 0 Å². The van der Waals surface area contributed by atoms with Crippen LogP contribution >= 0.6 is 22.6 Å². The first-order chi connectivity index (χ1) is 7.26. The Morgan fingerprint density at radius 1 is 1.33 bits per heavy atom. The summed E-state index contributed by atoms with van der Waals surface area (Å²) in [5.41, 5.74) is 0. The summed E-state index contributed by atoms with van der Waals surface area (Å²) in [6.07, 6.45) is 1.88. The molecular weight excluding hydrogens is 301 g/mol. The Bertz CT molecular complexity index is 270. The molecule has 84 valence electrons. The van der Waals surface area contributed by atoms with Crippen LogP contribution in [0, 0.1) is 3.57 Å². The standard InChI is InChI=1S/C11H18IN3/c1-3-15(4-2)8-7-13-11-6-5-10(12)9-14-11/h5-6,9H,3-4,7-8H2,1-2H3,(H,13,14). The van der Waals surface area contributed by atoms with Crippen LogP contribution in [-0.4, -0.2) is 36.1 Å². The Balaban J connectivity index is 2.28. The first-order valence-electron chi connectivity index (χ1n) is 5.34. The summed E-state index contributed by atoms with van der Waals surface area (Å²) in [6, 6.07) is 4.08. The third-order valence-electron chi connectivity index (χ3n) is 2.36. The molecule has 1 aromatic rings. The number of likely N-dealkylation sites (N-methyl/N-ethyl adjacent to an activating group) is 1. The molecule has 3 nitrogen and oxygen atoms in total. The molecule has 0 spiro atoms. The lowest BCUT2D eigenvalue weighted by Crippen LogP contribution is -2.28. The SMILES string of the molecule is CCN(CC)CCNc1ccc(I)cn1. The number of pyridine rings is 1. The van der Waals surface area contributed by atoms with Crippen LogP contribution in [0.5, 0.6) is 0 Å². The first kappa shape index (κ1) is 12.7. The zero-order chi connectivity index (χ0) is 11.1. The van der Waals surface area contributed by atoms with E-state index < -0.39 is 0 Å². The van der Waals surface area contributed by atoms with Gasteiger partial charge in [-0.05, 0) is 47.8 Å². The second kappa shape index (κ2) is 7.00. The van der Waals surface area contributed by atoms with Gasteiger partial charge in [0.05, 0.1) is 0 Å². The second-order valence-corrected chi connectivity index (χ2v) is 4.56. The van der Waals surface area contributed by atoms with Crippen LogP contribution in [0.25, 0.3) is 0 Å². The number of nitrogens with one attached hydrogen (secondary N) is 1. The third-order valence-corrected chi connectivity index (χ3v) is 2.99. The van der Waals surface area contributed by atoms with Crippen molar-refractivity contribution in [1.82, 2.24) is 9.88 Å². The lowest BCUT2D eigenvalue weighted by atomic mass is 10.4. The maximum absolute atomic E-state index is 4.29. The van der Waals surface area contributed by atoms with Crippen LogP contribution < -0.4 is 5.32 Å². The molecule has 1 N–H and O–H groups in total. The number of nitrogens with zero attached hydrogens (tertiary/aromatic N) is 2.